The third-order valence-electron chi connectivity index (χ3n) is 4.26. The molecule has 0 spiro atoms. The average molecular weight is 280 g/mol. The molecule has 0 radical (unpaired) electrons. The molecule has 0 aromatic rings. The van der Waals surface area contributed by atoms with Crippen molar-refractivity contribution in [2.75, 3.05) is 6.61 Å². The Morgan fingerprint density at radius 3 is 2.05 bits per heavy atom. The molecule has 0 bridgehead atoms. The summed E-state index contributed by atoms with van der Waals surface area (Å²) in [5.41, 5.74) is 2.02. The Balaban J connectivity index is 1.93. The highest BCUT2D eigenvalue weighted by Crippen LogP contribution is 2.38. The van der Waals surface area contributed by atoms with Crippen molar-refractivity contribution < 1.29 is 9.84 Å². The number of hydrogen-bond acceptors (Lipinski definition) is 2. The number of unbranched alkanes of at least 4 members (excludes halogenated alkanes) is 8. The van der Waals surface area contributed by atoms with Gasteiger partial charge in [-0.2, -0.15) is 0 Å². The number of ether oxygens (including phenoxy) is 1. The van der Waals surface area contributed by atoms with Crippen molar-refractivity contribution in [1.82, 2.24) is 0 Å². The Kier molecular flexibility index (Phi) is 8.73. The van der Waals surface area contributed by atoms with Crippen LogP contribution in [0, 0.1) is 0 Å². The molecule has 2 heteroatoms. The second kappa shape index (κ2) is 10.1. The van der Waals surface area contributed by atoms with Crippen LogP contribution in [0.5, 0.6) is 0 Å². The van der Waals surface area contributed by atoms with Gasteiger partial charge in [0.25, 0.3) is 0 Å². The minimum atomic E-state index is -0.749. The predicted octanol–water partition coefficient (Wildman–Crippen LogP) is 5.12. The first-order valence-corrected chi connectivity index (χ1v) is 8.48. The molecule has 0 aromatic carbocycles. The average Bonchev–Trinajstić information content (AvgIpc) is 2.42. The molecule has 0 unspecified atom stereocenters. The Morgan fingerprint density at radius 1 is 1.05 bits per heavy atom. The van der Waals surface area contributed by atoms with E-state index in [-0.39, 0.29) is 0 Å². The van der Waals surface area contributed by atoms with Gasteiger partial charge in [-0.25, -0.2) is 0 Å². The molecule has 0 heterocycles. The number of aliphatic hydroxyl groups is 1. The van der Waals surface area contributed by atoms with E-state index in [9.17, 15) is 5.11 Å². The fourth-order valence-electron chi connectivity index (χ4n) is 2.68. The van der Waals surface area contributed by atoms with E-state index >= 15 is 0 Å². The zero-order valence-corrected chi connectivity index (χ0v) is 13.3. The smallest absolute Gasteiger partial charge is 0.169 e. The maximum atomic E-state index is 10.1. The first kappa shape index (κ1) is 17.3. The summed E-state index contributed by atoms with van der Waals surface area (Å²) in [5, 5.41) is 10.1. The molecule has 1 aliphatic carbocycles. The van der Waals surface area contributed by atoms with Crippen molar-refractivity contribution in [2.45, 2.75) is 89.6 Å². The zero-order chi connectivity index (χ0) is 14.7. The molecule has 116 valence electrons. The maximum absolute atomic E-state index is 10.1. The van der Waals surface area contributed by atoms with Crippen LogP contribution in [-0.2, 0) is 4.74 Å². The molecular weight excluding hydrogens is 248 g/mol. The Hall–Kier alpha value is -0.720. The summed E-state index contributed by atoms with van der Waals surface area (Å²) in [5.74, 6) is 0.573. The first-order valence-electron chi connectivity index (χ1n) is 8.48. The van der Waals surface area contributed by atoms with E-state index < -0.39 is 5.60 Å². The molecule has 2 nitrogen and oxygen atoms in total. The largest absolute Gasteiger partial charge is 0.487 e. The molecule has 20 heavy (non-hydrogen) atoms. The standard InChI is InChI=1S/C18H32O2/c1-3-5-6-7-8-9-10-11-12-16-20-17(4-2)18(19)14-13-15-18/h19H,2-3,5-16H2,1H3. The van der Waals surface area contributed by atoms with E-state index in [1.807, 2.05) is 0 Å². The third kappa shape index (κ3) is 6.15. The molecular formula is C18H32O2. The second-order valence-electron chi connectivity index (χ2n) is 6.07. The lowest BCUT2D eigenvalue weighted by molar-refractivity contribution is -0.0475. The molecule has 0 aromatic heterocycles. The van der Waals surface area contributed by atoms with E-state index in [2.05, 4.69) is 19.2 Å². The van der Waals surface area contributed by atoms with Gasteiger partial charge in [-0.1, -0.05) is 70.6 Å². The second-order valence-corrected chi connectivity index (χ2v) is 6.07. The normalized spacial score (nSPS) is 16.3. The molecule has 0 amide bonds. The van der Waals surface area contributed by atoms with Crippen LogP contribution >= 0.6 is 0 Å². The van der Waals surface area contributed by atoms with Crippen molar-refractivity contribution in [3.05, 3.63) is 18.1 Å². The van der Waals surface area contributed by atoms with Gasteiger partial charge in [0.15, 0.2) is 5.76 Å². The summed E-state index contributed by atoms with van der Waals surface area (Å²) in [6.45, 7) is 6.57. The SMILES string of the molecule is C=C=C(OCCCCCCCCCCC)C1(O)CCC1. The summed E-state index contributed by atoms with van der Waals surface area (Å²) in [7, 11) is 0. The van der Waals surface area contributed by atoms with Crippen molar-refractivity contribution >= 4 is 0 Å². The Labute approximate surface area is 124 Å². The lowest BCUT2D eigenvalue weighted by Crippen LogP contribution is -2.39. The summed E-state index contributed by atoms with van der Waals surface area (Å²) in [4.78, 5) is 0. The van der Waals surface area contributed by atoms with Crippen LogP contribution < -0.4 is 0 Å². The van der Waals surface area contributed by atoms with Gasteiger partial charge in [0.1, 0.15) is 5.60 Å². The molecule has 0 atom stereocenters. The van der Waals surface area contributed by atoms with Crippen LogP contribution in [-0.4, -0.2) is 17.3 Å². The van der Waals surface area contributed by atoms with Crippen LogP contribution in [0.2, 0.25) is 0 Å². The summed E-state index contributed by atoms with van der Waals surface area (Å²) < 4.78 is 5.65. The quantitative estimate of drug-likeness (QED) is 0.305. The van der Waals surface area contributed by atoms with E-state index in [1.54, 1.807) is 0 Å². The van der Waals surface area contributed by atoms with Crippen LogP contribution in [0.4, 0.5) is 0 Å². The van der Waals surface area contributed by atoms with Crippen LogP contribution in [0.25, 0.3) is 0 Å². The van der Waals surface area contributed by atoms with Gasteiger partial charge in [-0.05, 0) is 25.7 Å². The first-order chi connectivity index (χ1) is 9.73. The topological polar surface area (TPSA) is 29.5 Å². The van der Waals surface area contributed by atoms with E-state index in [1.165, 1.54) is 51.4 Å². The van der Waals surface area contributed by atoms with Crippen LogP contribution in [0.3, 0.4) is 0 Å². The van der Waals surface area contributed by atoms with Crippen molar-refractivity contribution in [3.8, 4) is 0 Å². The Bertz CT molecular complexity index is 299. The molecule has 0 aliphatic heterocycles. The molecule has 0 saturated heterocycles. The summed E-state index contributed by atoms with van der Waals surface area (Å²) >= 11 is 0. The molecule has 1 saturated carbocycles. The fraction of sp³-hybridized carbons (Fsp3) is 0.833. The van der Waals surface area contributed by atoms with Crippen molar-refractivity contribution in [2.24, 2.45) is 0 Å². The third-order valence-corrected chi connectivity index (χ3v) is 4.26. The van der Waals surface area contributed by atoms with Gasteiger partial charge in [0.05, 0.1) is 6.61 Å². The van der Waals surface area contributed by atoms with Crippen molar-refractivity contribution in [1.29, 1.82) is 0 Å². The van der Waals surface area contributed by atoms with Gasteiger partial charge in [0, 0.05) is 0 Å². The highest BCUT2D eigenvalue weighted by atomic mass is 16.5. The molecule has 1 fully saturated rings. The van der Waals surface area contributed by atoms with E-state index in [0.717, 1.165) is 25.7 Å². The number of rotatable bonds is 12. The van der Waals surface area contributed by atoms with Crippen LogP contribution in [0.15, 0.2) is 18.1 Å². The van der Waals surface area contributed by atoms with Gasteiger partial charge >= 0.3 is 0 Å². The van der Waals surface area contributed by atoms with Crippen LogP contribution in [0.1, 0.15) is 84.0 Å². The highest BCUT2D eigenvalue weighted by Gasteiger charge is 2.39. The molecule has 1 aliphatic rings. The lowest BCUT2D eigenvalue weighted by atomic mass is 9.79. The van der Waals surface area contributed by atoms with Gasteiger partial charge in [-0.15, -0.1) is 0 Å². The number of hydrogen-bond donors (Lipinski definition) is 1. The van der Waals surface area contributed by atoms with Gasteiger partial charge < -0.3 is 9.84 Å². The van der Waals surface area contributed by atoms with Gasteiger partial charge in [-0.3, -0.25) is 0 Å². The molecule has 1 rings (SSSR count). The minimum absolute atomic E-state index is 0.573. The highest BCUT2D eigenvalue weighted by molar-refractivity contribution is 5.12. The fourth-order valence-corrected chi connectivity index (χ4v) is 2.68. The molecule has 1 N–H and O–H groups in total. The lowest BCUT2D eigenvalue weighted by Gasteiger charge is -2.36. The monoisotopic (exact) mass is 280 g/mol. The minimum Gasteiger partial charge on any atom is -0.487 e. The zero-order valence-electron chi connectivity index (χ0n) is 13.3. The predicted molar refractivity (Wildman–Crippen MR) is 84.6 cm³/mol. The van der Waals surface area contributed by atoms with E-state index in [4.69, 9.17) is 4.74 Å². The summed E-state index contributed by atoms with van der Waals surface area (Å²) in [6, 6.07) is 0. The van der Waals surface area contributed by atoms with E-state index in [0.29, 0.717) is 12.4 Å². The van der Waals surface area contributed by atoms with Crippen molar-refractivity contribution in [3.63, 3.8) is 0 Å². The Morgan fingerprint density at radius 2 is 1.60 bits per heavy atom. The maximum Gasteiger partial charge on any atom is 0.169 e. The summed E-state index contributed by atoms with van der Waals surface area (Å²) in [6.07, 6.45) is 14.5. The van der Waals surface area contributed by atoms with Gasteiger partial charge in [0.2, 0.25) is 0 Å².